The van der Waals surface area contributed by atoms with Crippen molar-refractivity contribution >= 4 is 17.3 Å². The highest BCUT2D eigenvalue weighted by Gasteiger charge is 2.33. The summed E-state index contributed by atoms with van der Waals surface area (Å²) >= 11 is 1.63. The molecule has 0 saturated carbocycles. The number of esters is 1. The first-order chi connectivity index (χ1) is 9.76. The Kier molecular flexibility index (Phi) is 4.33. The van der Waals surface area contributed by atoms with E-state index in [1.165, 1.54) is 26.5 Å². The summed E-state index contributed by atoms with van der Waals surface area (Å²) in [5, 5.41) is 3.06. The van der Waals surface area contributed by atoms with Crippen LogP contribution in [0.15, 0.2) is 5.38 Å². The van der Waals surface area contributed by atoms with Crippen LogP contribution in [0.4, 0.5) is 0 Å². The van der Waals surface area contributed by atoms with Gasteiger partial charge in [-0.2, -0.15) is 0 Å². The van der Waals surface area contributed by atoms with Crippen LogP contribution in [0.3, 0.4) is 0 Å². The van der Waals surface area contributed by atoms with E-state index in [0.717, 1.165) is 23.9 Å². The highest BCUT2D eigenvalue weighted by Crippen LogP contribution is 2.31. The fourth-order valence-corrected chi connectivity index (χ4v) is 3.78. The van der Waals surface area contributed by atoms with Gasteiger partial charge in [-0.25, -0.2) is 4.98 Å². The van der Waals surface area contributed by atoms with E-state index >= 15 is 0 Å². The number of thiazole rings is 1. The summed E-state index contributed by atoms with van der Waals surface area (Å²) in [5.41, 5.74) is 0.961. The normalized spacial score (nSPS) is 26.4. The molecule has 0 amide bonds. The van der Waals surface area contributed by atoms with Gasteiger partial charge in [0, 0.05) is 24.4 Å². The van der Waals surface area contributed by atoms with E-state index in [4.69, 9.17) is 4.74 Å². The lowest BCUT2D eigenvalue weighted by Crippen LogP contribution is -2.42. The van der Waals surface area contributed by atoms with Gasteiger partial charge in [-0.15, -0.1) is 11.3 Å². The topological polar surface area (TPSA) is 51.7 Å². The van der Waals surface area contributed by atoms with Crippen molar-refractivity contribution in [3.63, 3.8) is 0 Å². The number of morpholine rings is 1. The number of hydrogen-bond acceptors (Lipinski definition) is 6. The molecule has 2 fully saturated rings. The van der Waals surface area contributed by atoms with Crippen LogP contribution >= 0.6 is 11.3 Å². The Morgan fingerprint density at radius 1 is 1.65 bits per heavy atom. The molecular formula is C14H20N2O3S. The highest BCUT2D eigenvalue weighted by molar-refractivity contribution is 7.09. The number of ether oxygens (including phenoxy) is 2. The van der Waals surface area contributed by atoms with E-state index in [1.54, 1.807) is 11.3 Å². The monoisotopic (exact) mass is 296 g/mol. The standard InChI is InChI=1S/C14H20N2O3S/c1-18-13(17)5-4-10-9-20-14(15-10)12-7-16-6-2-3-11(16)8-19-12/h9,11-12H,2-8H2,1H3. The Hall–Kier alpha value is -0.980. The fraction of sp³-hybridized carbons (Fsp3) is 0.714. The van der Waals surface area contributed by atoms with Crippen LogP contribution in [0, 0.1) is 0 Å². The lowest BCUT2D eigenvalue weighted by Gasteiger charge is -2.34. The summed E-state index contributed by atoms with van der Waals surface area (Å²) in [5.74, 6) is -0.187. The summed E-state index contributed by atoms with van der Waals surface area (Å²) in [6, 6.07) is 0.616. The van der Waals surface area contributed by atoms with Crippen molar-refractivity contribution in [1.29, 1.82) is 0 Å². The quantitative estimate of drug-likeness (QED) is 0.793. The van der Waals surface area contributed by atoms with Crippen LogP contribution in [-0.4, -0.2) is 48.7 Å². The number of nitrogens with zero attached hydrogens (tertiary/aromatic N) is 2. The molecule has 0 spiro atoms. The Morgan fingerprint density at radius 3 is 3.40 bits per heavy atom. The fourth-order valence-electron chi connectivity index (χ4n) is 2.88. The minimum absolute atomic E-state index is 0.0984. The first-order valence-electron chi connectivity index (χ1n) is 7.13. The predicted molar refractivity (Wildman–Crippen MR) is 75.7 cm³/mol. The average Bonchev–Trinajstić information content (AvgIpc) is 3.12. The van der Waals surface area contributed by atoms with Gasteiger partial charge < -0.3 is 9.47 Å². The predicted octanol–water partition coefficient (Wildman–Crippen LogP) is 1.78. The summed E-state index contributed by atoms with van der Waals surface area (Å²) < 4.78 is 10.6. The summed E-state index contributed by atoms with van der Waals surface area (Å²) in [6.45, 7) is 2.96. The van der Waals surface area contributed by atoms with Crippen molar-refractivity contribution in [2.45, 2.75) is 37.8 Å². The summed E-state index contributed by atoms with van der Waals surface area (Å²) in [6.07, 6.45) is 3.67. The van der Waals surface area contributed by atoms with Crippen LogP contribution in [0.2, 0.25) is 0 Å². The van der Waals surface area contributed by atoms with Crippen LogP contribution in [0.1, 0.15) is 36.1 Å². The maximum Gasteiger partial charge on any atom is 0.305 e. The van der Waals surface area contributed by atoms with Crippen molar-refractivity contribution in [2.24, 2.45) is 0 Å². The van der Waals surface area contributed by atoms with Gasteiger partial charge in [-0.1, -0.05) is 0 Å². The smallest absolute Gasteiger partial charge is 0.305 e. The second-order valence-corrected chi connectivity index (χ2v) is 6.26. The van der Waals surface area contributed by atoms with E-state index in [0.29, 0.717) is 18.9 Å². The number of carbonyl (C=O) groups is 1. The summed E-state index contributed by atoms with van der Waals surface area (Å²) in [4.78, 5) is 18.3. The van der Waals surface area contributed by atoms with Crippen LogP contribution in [0.25, 0.3) is 0 Å². The van der Waals surface area contributed by atoms with E-state index in [-0.39, 0.29) is 12.1 Å². The van der Waals surface area contributed by atoms with Crippen LogP contribution in [-0.2, 0) is 20.7 Å². The molecule has 20 heavy (non-hydrogen) atoms. The molecule has 3 heterocycles. The van der Waals surface area contributed by atoms with E-state index in [1.807, 2.05) is 5.38 Å². The number of methoxy groups -OCH3 is 1. The van der Waals surface area contributed by atoms with Crippen molar-refractivity contribution in [1.82, 2.24) is 9.88 Å². The van der Waals surface area contributed by atoms with Gasteiger partial charge >= 0.3 is 5.97 Å². The van der Waals surface area contributed by atoms with E-state index in [9.17, 15) is 4.79 Å². The number of hydrogen-bond donors (Lipinski definition) is 0. The number of rotatable bonds is 4. The Bertz CT molecular complexity index is 477. The van der Waals surface area contributed by atoms with Crippen LogP contribution < -0.4 is 0 Å². The molecule has 0 N–H and O–H groups in total. The molecule has 0 aliphatic carbocycles. The largest absolute Gasteiger partial charge is 0.469 e. The maximum atomic E-state index is 11.1. The molecule has 5 nitrogen and oxygen atoms in total. The molecule has 2 unspecified atom stereocenters. The minimum atomic E-state index is -0.187. The second kappa shape index (κ2) is 6.20. The zero-order valence-electron chi connectivity index (χ0n) is 11.7. The molecule has 2 aliphatic heterocycles. The lowest BCUT2D eigenvalue weighted by molar-refractivity contribution is -0.140. The third-order valence-corrected chi connectivity index (χ3v) is 5.03. The van der Waals surface area contributed by atoms with Crippen molar-refractivity contribution in [3.05, 3.63) is 16.1 Å². The Labute approximate surface area is 122 Å². The van der Waals surface area contributed by atoms with Gasteiger partial charge in [0.15, 0.2) is 0 Å². The molecule has 0 bridgehead atoms. The van der Waals surface area contributed by atoms with Gasteiger partial charge in [-0.3, -0.25) is 9.69 Å². The van der Waals surface area contributed by atoms with Gasteiger partial charge in [0.1, 0.15) is 11.1 Å². The molecule has 1 aromatic rings. The molecule has 1 aromatic heterocycles. The van der Waals surface area contributed by atoms with Crippen LogP contribution in [0.5, 0.6) is 0 Å². The zero-order valence-corrected chi connectivity index (χ0v) is 12.5. The Morgan fingerprint density at radius 2 is 2.55 bits per heavy atom. The average molecular weight is 296 g/mol. The van der Waals surface area contributed by atoms with Gasteiger partial charge in [0.05, 0.1) is 25.8 Å². The Balaban J connectivity index is 1.57. The molecule has 110 valence electrons. The van der Waals surface area contributed by atoms with Gasteiger partial charge in [-0.05, 0) is 19.4 Å². The molecule has 6 heteroatoms. The first-order valence-corrected chi connectivity index (χ1v) is 8.01. The molecule has 0 radical (unpaired) electrons. The molecule has 2 atom stereocenters. The number of aromatic nitrogens is 1. The zero-order chi connectivity index (χ0) is 13.9. The molecule has 2 aliphatic rings. The van der Waals surface area contributed by atoms with Gasteiger partial charge in [0.2, 0.25) is 0 Å². The van der Waals surface area contributed by atoms with Crippen molar-refractivity contribution < 1.29 is 14.3 Å². The number of fused-ring (bicyclic) bond motifs is 1. The molecule has 2 saturated heterocycles. The molecule has 0 aromatic carbocycles. The molecular weight excluding hydrogens is 276 g/mol. The van der Waals surface area contributed by atoms with Crippen molar-refractivity contribution in [3.8, 4) is 0 Å². The molecule has 3 rings (SSSR count). The van der Waals surface area contributed by atoms with E-state index < -0.39 is 0 Å². The third kappa shape index (κ3) is 3.02. The summed E-state index contributed by atoms with van der Waals surface area (Å²) in [7, 11) is 1.41. The minimum Gasteiger partial charge on any atom is -0.469 e. The number of carbonyl (C=O) groups excluding carboxylic acids is 1. The number of aryl methyl sites for hydroxylation is 1. The second-order valence-electron chi connectivity index (χ2n) is 5.37. The SMILES string of the molecule is COC(=O)CCc1csc(C2CN3CCCC3CO2)n1. The lowest BCUT2D eigenvalue weighted by atomic mass is 10.2. The van der Waals surface area contributed by atoms with Gasteiger partial charge in [0.25, 0.3) is 0 Å². The van der Waals surface area contributed by atoms with E-state index in [2.05, 4.69) is 14.6 Å². The highest BCUT2D eigenvalue weighted by atomic mass is 32.1. The first kappa shape index (κ1) is 14.0. The van der Waals surface area contributed by atoms with Crippen molar-refractivity contribution in [2.75, 3.05) is 26.8 Å². The maximum absolute atomic E-state index is 11.1. The third-order valence-electron chi connectivity index (χ3n) is 4.05.